The van der Waals surface area contributed by atoms with Crippen molar-refractivity contribution in [2.24, 2.45) is 0 Å². The summed E-state index contributed by atoms with van der Waals surface area (Å²) in [6.45, 7) is 0. The van der Waals surface area contributed by atoms with Crippen molar-refractivity contribution in [1.82, 2.24) is 15.3 Å². The van der Waals surface area contributed by atoms with Gasteiger partial charge in [-0.1, -0.05) is 18.2 Å². The fourth-order valence-electron chi connectivity index (χ4n) is 2.51. The predicted molar refractivity (Wildman–Crippen MR) is 96.9 cm³/mol. The van der Waals surface area contributed by atoms with E-state index in [0.717, 1.165) is 0 Å². The van der Waals surface area contributed by atoms with E-state index < -0.39 is 11.9 Å². The van der Waals surface area contributed by atoms with Crippen molar-refractivity contribution >= 4 is 40.7 Å². The molecule has 1 unspecified atom stereocenters. The van der Waals surface area contributed by atoms with Crippen LogP contribution in [0.5, 0.6) is 0 Å². The third kappa shape index (κ3) is 3.57. The van der Waals surface area contributed by atoms with Crippen LogP contribution in [0.3, 0.4) is 0 Å². The standard InChI is InChI=1S/C17H16N4O4S/c1-20-16(24)12(10-14(22)18-11-6-3-2-4-7-11)21(17(20)26)19-15(23)13-8-5-9-25-13/h2-9,12H,10H2,1H3,(H,18,22)(H,19,23). The van der Waals surface area contributed by atoms with E-state index in [0.29, 0.717) is 5.69 Å². The molecular weight excluding hydrogens is 356 g/mol. The van der Waals surface area contributed by atoms with Gasteiger partial charge in [0.15, 0.2) is 10.9 Å². The van der Waals surface area contributed by atoms with Gasteiger partial charge in [-0.2, -0.15) is 0 Å². The summed E-state index contributed by atoms with van der Waals surface area (Å²) in [4.78, 5) is 38.2. The molecule has 1 aliphatic heterocycles. The van der Waals surface area contributed by atoms with Crippen LogP contribution in [-0.2, 0) is 9.59 Å². The highest BCUT2D eigenvalue weighted by atomic mass is 32.1. The molecule has 1 aliphatic rings. The second kappa shape index (κ2) is 7.36. The number of thiocarbonyl (C=S) groups is 1. The van der Waals surface area contributed by atoms with Gasteiger partial charge in [0.1, 0.15) is 6.04 Å². The molecule has 0 saturated carbocycles. The van der Waals surface area contributed by atoms with Crippen LogP contribution in [0.1, 0.15) is 17.0 Å². The molecule has 9 heteroatoms. The zero-order valence-corrected chi connectivity index (χ0v) is 14.7. The fourth-order valence-corrected chi connectivity index (χ4v) is 2.77. The molecule has 2 N–H and O–H groups in total. The lowest BCUT2D eigenvalue weighted by Gasteiger charge is -2.23. The molecule has 3 amide bonds. The Morgan fingerprint density at radius 1 is 1.19 bits per heavy atom. The number of furan rings is 1. The van der Waals surface area contributed by atoms with Crippen molar-refractivity contribution in [2.75, 3.05) is 12.4 Å². The Morgan fingerprint density at radius 2 is 1.92 bits per heavy atom. The average Bonchev–Trinajstić information content (AvgIpc) is 3.23. The lowest BCUT2D eigenvalue weighted by molar-refractivity contribution is -0.130. The van der Waals surface area contributed by atoms with Gasteiger partial charge in [0, 0.05) is 12.7 Å². The zero-order chi connectivity index (χ0) is 18.7. The van der Waals surface area contributed by atoms with E-state index in [4.69, 9.17) is 16.6 Å². The molecule has 1 saturated heterocycles. The molecule has 0 spiro atoms. The lowest BCUT2D eigenvalue weighted by atomic mass is 10.2. The second-order valence-corrected chi connectivity index (χ2v) is 5.97. The number of hydrazine groups is 1. The van der Waals surface area contributed by atoms with Gasteiger partial charge in [-0.15, -0.1) is 0 Å². The first-order chi connectivity index (χ1) is 12.5. The van der Waals surface area contributed by atoms with Gasteiger partial charge in [-0.25, -0.2) is 5.01 Å². The van der Waals surface area contributed by atoms with Crippen LogP contribution in [0.15, 0.2) is 53.1 Å². The largest absolute Gasteiger partial charge is 0.459 e. The Morgan fingerprint density at radius 3 is 2.58 bits per heavy atom. The highest BCUT2D eigenvalue weighted by Gasteiger charge is 2.43. The van der Waals surface area contributed by atoms with E-state index in [1.54, 1.807) is 30.3 Å². The monoisotopic (exact) mass is 372 g/mol. The summed E-state index contributed by atoms with van der Waals surface area (Å²) in [5, 5.41) is 4.03. The Hall–Kier alpha value is -3.20. The Labute approximate surface area is 154 Å². The van der Waals surface area contributed by atoms with E-state index >= 15 is 0 Å². The van der Waals surface area contributed by atoms with Crippen LogP contribution in [0, 0.1) is 0 Å². The summed E-state index contributed by atoms with van der Waals surface area (Å²) in [5.74, 6) is -1.24. The van der Waals surface area contributed by atoms with Crippen molar-refractivity contribution in [3.8, 4) is 0 Å². The minimum Gasteiger partial charge on any atom is -0.459 e. The molecule has 0 radical (unpaired) electrons. The van der Waals surface area contributed by atoms with Gasteiger partial charge in [-0.3, -0.25) is 24.7 Å². The van der Waals surface area contributed by atoms with E-state index in [1.165, 1.54) is 29.3 Å². The number of likely N-dealkylation sites (N-methyl/N-ethyl adjacent to an activating group) is 1. The maximum absolute atomic E-state index is 12.4. The third-order valence-electron chi connectivity index (χ3n) is 3.82. The minimum atomic E-state index is -0.935. The van der Waals surface area contributed by atoms with E-state index in [2.05, 4.69) is 10.7 Å². The van der Waals surface area contributed by atoms with Crippen molar-refractivity contribution in [3.63, 3.8) is 0 Å². The SMILES string of the molecule is CN1C(=O)C(CC(=O)Nc2ccccc2)N(NC(=O)c2ccco2)C1=S. The van der Waals surface area contributed by atoms with Gasteiger partial charge < -0.3 is 9.73 Å². The number of para-hydroxylation sites is 1. The molecular formula is C17H16N4O4S. The first-order valence-corrected chi connectivity index (χ1v) is 8.18. The van der Waals surface area contributed by atoms with E-state index in [9.17, 15) is 14.4 Å². The Kier molecular flexibility index (Phi) is 4.99. The van der Waals surface area contributed by atoms with Crippen LogP contribution in [0.2, 0.25) is 0 Å². The van der Waals surface area contributed by atoms with Crippen LogP contribution in [0.25, 0.3) is 0 Å². The normalized spacial score (nSPS) is 16.7. The number of carbonyl (C=O) groups excluding carboxylic acids is 3. The smallest absolute Gasteiger partial charge is 0.305 e. The van der Waals surface area contributed by atoms with Crippen LogP contribution < -0.4 is 10.7 Å². The molecule has 134 valence electrons. The van der Waals surface area contributed by atoms with Gasteiger partial charge in [0.05, 0.1) is 12.7 Å². The Balaban J connectivity index is 1.72. The number of rotatable bonds is 5. The minimum absolute atomic E-state index is 0.0716. The van der Waals surface area contributed by atoms with Crippen LogP contribution in [-0.4, -0.2) is 45.8 Å². The third-order valence-corrected chi connectivity index (χ3v) is 4.29. The Bertz CT molecular complexity index is 838. The summed E-state index contributed by atoms with van der Waals surface area (Å²) in [6, 6.07) is 11.0. The van der Waals surface area contributed by atoms with Gasteiger partial charge in [0.25, 0.3) is 5.91 Å². The number of hydrogen-bond donors (Lipinski definition) is 2. The molecule has 0 bridgehead atoms. The summed E-state index contributed by atoms with van der Waals surface area (Å²) < 4.78 is 5.03. The quantitative estimate of drug-likeness (QED) is 0.770. The number of anilines is 1. The first-order valence-electron chi connectivity index (χ1n) is 7.77. The highest BCUT2D eigenvalue weighted by molar-refractivity contribution is 7.80. The zero-order valence-electron chi connectivity index (χ0n) is 13.8. The molecule has 8 nitrogen and oxygen atoms in total. The summed E-state index contributed by atoms with van der Waals surface area (Å²) in [7, 11) is 1.49. The van der Waals surface area contributed by atoms with E-state index in [1.807, 2.05) is 6.07 Å². The van der Waals surface area contributed by atoms with Crippen LogP contribution >= 0.6 is 12.2 Å². The number of benzene rings is 1. The number of carbonyl (C=O) groups is 3. The summed E-state index contributed by atoms with van der Waals surface area (Å²) >= 11 is 5.20. The summed E-state index contributed by atoms with van der Waals surface area (Å²) in [5.41, 5.74) is 3.14. The van der Waals surface area contributed by atoms with Crippen molar-refractivity contribution < 1.29 is 18.8 Å². The number of amides is 3. The van der Waals surface area contributed by atoms with Crippen LogP contribution in [0.4, 0.5) is 5.69 Å². The molecule has 3 rings (SSSR count). The van der Waals surface area contributed by atoms with Crippen molar-refractivity contribution in [1.29, 1.82) is 0 Å². The first kappa shape index (κ1) is 17.6. The highest BCUT2D eigenvalue weighted by Crippen LogP contribution is 2.19. The van der Waals surface area contributed by atoms with E-state index in [-0.39, 0.29) is 29.1 Å². The molecule has 1 atom stereocenters. The average molecular weight is 372 g/mol. The number of hydrogen-bond acceptors (Lipinski definition) is 5. The van der Waals surface area contributed by atoms with Crippen molar-refractivity contribution in [3.05, 3.63) is 54.5 Å². The lowest BCUT2D eigenvalue weighted by Crippen LogP contribution is -2.49. The molecule has 0 aliphatic carbocycles. The van der Waals surface area contributed by atoms with Crippen molar-refractivity contribution in [2.45, 2.75) is 12.5 Å². The molecule has 2 heterocycles. The maximum Gasteiger partial charge on any atom is 0.305 e. The molecule has 1 aromatic heterocycles. The second-order valence-electron chi connectivity index (χ2n) is 5.60. The molecule has 1 fully saturated rings. The molecule has 1 aromatic carbocycles. The fraction of sp³-hybridized carbons (Fsp3) is 0.176. The molecule has 26 heavy (non-hydrogen) atoms. The summed E-state index contributed by atoms with van der Waals surface area (Å²) in [6.07, 6.45) is 1.19. The number of nitrogens with zero attached hydrogens (tertiary/aromatic N) is 2. The predicted octanol–water partition coefficient (Wildman–Crippen LogP) is 1.38. The van der Waals surface area contributed by atoms with Gasteiger partial charge in [-0.05, 0) is 36.5 Å². The topological polar surface area (TPSA) is 94.9 Å². The van der Waals surface area contributed by atoms with Gasteiger partial charge in [0.2, 0.25) is 5.91 Å². The number of nitrogens with one attached hydrogen (secondary N) is 2. The van der Waals surface area contributed by atoms with Gasteiger partial charge >= 0.3 is 5.91 Å². The molecule has 2 aromatic rings. The maximum atomic E-state index is 12.4.